The van der Waals surface area contributed by atoms with Crippen molar-refractivity contribution in [3.05, 3.63) is 76.9 Å². The number of carbonyl (C=O) groups excluding carboxylic acids is 1. The summed E-state index contributed by atoms with van der Waals surface area (Å²) in [6.45, 7) is 0. The van der Waals surface area contributed by atoms with Crippen LogP contribution in [-0.4, -0.2) is 28.4 Å². The molecule has 3 aromatic carbocycles. The smallest absolute Gasteiger partial charge is 0.340 e. The number of carbonyl (C=O) groups is 1. The highest BCUT2D eigenvalue weighted by atomic mass is 16.6. The number of esters is 1. The Morgan fingerprint density at radius 2 is 1.36 bits per heavy atom. The molecule has 1 spiro atoms. The first-order valence-electron chi connectivity index (χ1n) is 8.42. The Morgan fingerprint density at radius 1 is 0.821 bits per heavy atom. The van der Waals surface area contributed by atoms with E-state index in [-0.39, 0.29) is 11.5 Å². The molecule has 0 aromatic heterocycles. The van der Waals surface area contributed by atoms with Gasteiger partial charge in [-0.15, -0.1) is 0 Å². The van der Waals surface area contributed by atoms with Crippen molar-refractivity contribution in [2.75, 3.05) is 12.8 Å². The Bertz CT molecular complexity index is 1060. The van der Waals surface area contributed by atoms with Gasteiger partial charge in [-0.25, -0.2) is 4.79 Å². The molecule has 0 saturated heterocycles. The predicted octanol–water partition coefficient (Wildman–Crippen LogP) is 2.86. The minimum absolute atomic E-state index is 0.0179. The van der Waals surface area contributed by atoms with Crippen LogP contribution in [-0.2, 0) is 10.3 Å². The molecule has 2 aliphatic heterocycles. The van der Waals surface area contributed by atoms with Crippen LogP contribution in [0.4, 0.5) is 5.69 Å². The lowest BCUT2D eigenvalue weighted by atomic mass is 9.77. The highest BCUT2D eigenvalue weighted by molar-refractivity contribution is 5.98. The molecule has 7 heteroatoms. The second kappa shape index (κ2) is 6.17. The fraction of sp³-hybridized carbons (Fsp3) is 0.0952. The van der Waals surface area contributed by atoms with Crippen LogP contribution >= 0.6 is 0 Å². The average Bonchev–Trinajstić information content (AvgIpc) is 2.95. The minimum atomic E-state index is -1.23. The Kier molecular flexibility index (Phi) is 3.90. The number of aliphatic hydroxyl groups excluding tert-OH is 1. The second-order valence-corrected chi connectivity index (χ2v) is 6.34. The number of anilines is 1. The number of fused-ring (bicyclic) bond motifs is 6. The summed E-state index contributed by atoms with van der Waals surface area (Å²) in [5.74, 6) is 0.238. The molecule has 0 bridgehead atoms. The zero-order valence-corrected chi connectivity index (χ0v) is 14.8. The summed E-state index contributed by atoms with van der Waals surface area (Å²) in [5, 5.41) is 26.7. The molecule has 0 saturated carbocycles. The monoisotopic (exact) mass is 379 g/mol. The van der Waals surface area contributed by atoms with E-state index in [0.717, 1.165) is 7.11 Å². The van der Waals surface area contributed by atoms with Gasteiger partial charge in [-0.05, 0) is 36.4 Å². The number of rotatable bonds is 0. The number of aromatic hydroxyl groups is 2. The van der Waals surface area contributed by atoms with E-state index in [4.69, 9.17) is 20.3 Å². The summed E-state index contributed by atoms with van der Waals surface area (Å²) in [4.78, 5) is 12.6. The Labute approximate surface area is 160 Å². The number of phenolic OH excluding ortho intramolecular Hbond substituents is 2. The lowest BCUT2D eigenvalue weighted by molar-refractivity contribution is 0.0224. The van der Waals surface area contributed by atoms with Gasteiger partial charge in [-0.3, -0.25) is 0 Å². The molecule has 0 fully saturated rings. The first-order valence-corrected chi connectivity index (χ1v) is 8.42. The first kappa shape index (κ1) is 17.7. The van der Waals surface area contributed by atoms with Crippen LogP contribution in [0.5, 0.6) is 23.0 Å². The number of hydrogen-bond donors (Lipinski definition) is 4. The number of benzene rings is 3. The molecular weight excluding hydrogens is 362 g/mol. The number of aliphatic hydroxyl groups is 1. The van der Waals surface area contributed by atoms with Gasteiger partial charge in [0.25, 0.3) is 0 Å². The highest BCUT2D eigenvalue weighted by Crippen LogP contribution is 2.57. The molecule has 2 aliphatic rings. The van der Waals surface area contributed by atoms with E-state index in [9.17, 15) is 15.0 Å². The van der Waals surface area contributed by atoms with Gasteiger partial charge in [0.15, 0.2) is 5.60 Å². The van der Waals surface area contributed by atoms with Crippen molar-refractivity contribution in [2.45, 2.75) is 5.60 Å². The molecule has 0 unspecified atom stereocenters. The van der Waals surface area contributed by atoms with E-state index in [2.05, 4.69) is 0 Å². The van der Waals surface area contributed by atoms with Crippen LogP contribution in [0.2, 0.25) is 0 Å². The van der Waals surface area contributed by atoms with E-state index >= 15 is 0 Å². The molecular formula is C21H17NO6. The maximum Gasteiger partial charge on any atom is 0.340 e. The van der Waals surface area contributed by atoms with E-state index in [1.54, 1.807) is 30.3 Å². The normalized spacial score (nSPS) is 14.7. The molecule has 0 atom stereocenters. The van der Waals surface area contributed by atoms with E-state index in [1.165, 1.54) is 24.3 Å². The maximum atomic E-state index is 12.6. The number of nitrogen functional groups attached to an aromatic ring is 1. The molecule has 7 nitrogen and oxygen atoms in total. The van der Waals surface area contributed by atoms with Crippen molar-refractivity contribution in [3.63, 3.8) is 0 Å². The fourth-order valence-electron chi connectivity index (χ4n) is 3.72. The standard InChI is InChI=1S/C20H13NO5.CH4O/c21-10-1-4-14-13(7-10)19(24)26-20(14)15-5-2-11(22)8-17(15)25-18-9-12(23)3-6-16(18)20;1-2/h1-9,22-23H,21H2;2H,1H3. The van der Waals surface area contributed by atoms with E-state index in [0.29, 0.717) is 39.4 Å². The zero-order valence-electron chi connectivity index (χ0n) is 14.8. The van der Waals surface area contributed by atoms with E-state index in [1.807, 2.05) is 0 Å². The van der Waals surface area contributed by atoms with Crippen molar-refractivity contribution >= 4 is 11.7 Å². The third kappa shape index (κ3) is 2.30. The molecule has 0 aliphatic carbocycles. The van der Waals surface area contributed by atoms with Crippen molar-refractivity contribution in [3.8, 4) is 23.0 Å². The van der Waals surface area contributed by atoms with Crippen LogP contribution in [0.25, 0.3) is 0 Å². The topological polar surface area (TPSA) is 122 Å². The van der Waals surface area contributed by atoms with Gasteiger partial charge in [-0.2, -0.15) is 0 Å². The summed E-state index contributed by atoms with van der Waals surface area (Å²) < 4.78 is 11.8. The zero-order chi connectivity index (χ0) is 20.1. The highest BCUT2D eigenvalue weighted by Gasteiger charge is 2.53. The maximum absolute atomic E-state index is 12.6. The summed E-state index contributed by atoms with van der Waals surface area (Å²) in [6, 6.07) is 14.3. The van der Waals surface area contributed by atoms with Crippen LogP contribution in [0, 0.1) is 0 Å². The van der Waals surface area contributed by atoms with E-state index < -0.39 is 11.6 Å². The lowest BCUT2D eigenvalue weighted by Gasteiger charge is -2.36. The number of hydrogen-bond acceptors (Lipinski definition) is 7. The number of nitrogens with two attached hydrogens (primary N) is 1. The van der Waals surface area contributed by atoms with Crippen LogP contribution < -0.4 is 10.5 Å². The van der Waals surface area contributed by atoms with Gasteiger partial charge < -0.3 is 30.5 Å². The number of ether oxygens (including phenoxy) is 2. The molecule has 5 N–H and O–H groups in total. The SMILES string of the molecule is CO.Nc1ccc2c(c1)C(=O)OC21c2ccc(O)cc2Oc2cc(O)ccc21. The summed E-state index contributed by atoms with van der Waals surface area (Å²) in [6.07, 6.45) is 0. The Hall–Kier alpha value is -3.71. The minimum Gasteiger partial charge on any atom is -0.508 e. The third-order valence-corrected chi connectivity index (χ3v) is 4.80. The Balaban J connectivity index is 0.000000932. The van der Waals surface area contributed by atoms with Gasteiger partial charge in [0.1, 0.15) is 23.0 Å². The predicted molar refractivity (Wildman–Crippen MR) is 101 cm³/mol. The van der Waals surface area contributed by atoms with Crippen LogP contribution in [0.15, 0.2) is 54.6 Å². The first-order chi connectivity index (χ1) is 13.5. The summed E-state index contributed by atoms with van der Waals surface area (Å²) in [5.41, 5.74) is 7.26. The molecule has 28 heavy (non-hydrogen) atoms. The average molecular weight is 379 g/mol. The third-order valence-electron chi connectivity index (χ3n) is 4.80. The van der Waals surface area contributed by atoms with Gasteiger partial charge in [0.2, 0.25) is 0 Å². The van der Waals surface area contributed by atoms with Crippen molar-refractivity contribution in [1.29, 1.82) is 0 Å². The van der Waals surface area contributed by atoms with Crippen LogP contribution in [0.1, 0.15) is 27.0 Å². The van der Waals surface area contributed by atoms with Crippen molar-refractivity contribution in [2.24, 2.45) is 0 Å². The molecule has 142 valence electrons. The van der Waals surface area contributed by atoms with Gasteiger partial charge in [0.05, 0.1) is 5.56 Å². The summed E-state index contributed by atoms with van der Waals surface area (Å²) in [7, 11) is 1.00. The lowest BCUT2D eigenvalue weighted by Crippen LogP contribution is -2.32. The molecule has 0 amide bonds. The Morgan fingerprint density at radius 3 is 1.93 bits per heavy atom. The number of phenols is 2. The summed E-state index contributed by atoms with van der Waals surface area (Å²) >= 11 is 0. The van der Waals surface area contributed by atoms with Gasteiger partial charge in [-0.1, -0.05) is 6.07 Å². The molecule has 2 heterocycles. The van der Waals surface area contributed by atoms with Gasteiger partial charge in [0, 0.05) is 41.6 Å². The van der Waals surface area contributed by atoms with Crippen LogP contribution in [0.3, 0.4) is 0 Å². The fourth-order valence-corrected chi connectivity index (χ4v) is 3.72. The second-order valence-electron chi connectivity index (χ2n) is 6.34. The van der Waals surface area contributed by atoms with Crippen molar-refractivity contribution < 1.29 is 29.6 Å². The molecule has 5 rings (SSSR count). The molecule has 3 aromatic rings. The van der Waals surface area contributed by atoms with Crippen molar-refractivity contribution in [1.82, 2.24) is 0 Å². The quantitative estimate of drug-likeness (QED) is 0.350. The van der Waals surface area contributed by atoms with Gasteiger partial charge >= 0.3 is 5.97 Å². The largest absolute Gasteiger partial charge is 0.508 e. The molecule has 0 radical (unpaired) electrons.